The lowest BCUT2D eigenvalue weighted by Crippen LogP contribution is -2.60. The van der Waals surface area contributed by atoms with Gasteiger partial charge in [0.25, 0.3) is 5.91 Å². The normalized spacial score (nSPS) is 26.3. The van der Waals surface area contributed by atoms with Crippen molar-refractivity contribution in [2.75, 3.05) is 38.9 Å². The van der Waals surface area contributed by atoms with E-state index in [0.717, 1.165) is 0 Å². The van der Waals surface area contributed by atoms with Gasteiger partial charge in [-0.15, -0.1) is 13.2 Å². The number of likely N-dealkylation sites (tertiary alicyclic amines) is 1. The number of amides is 3. The van der Waals surface area contributed by atoms with Crippen molar-refractivity contribution >= 4 is 45.3 Å². The molecule has 13 heteroatoms. The number of rotatable bonds is 19. The third-order valence-corrected chi connectivity index (χ3v) is 11.9. The van der Waals surface area contributed by atoms with E-state index < -0.39 is 77.0 Å². The van der Waals surface area contributed by atoms with Crippen LogP contribution in [0.25, 0.3) is 0 Å². The maximum absolute atomic E-state index is 15.1. The van der Waals surface area contributed by atoms with E-state index in [0.29, 0.717) is 29.8 Å². The predicted octanol–water partition coefficient (Wildman–Crippen LogP) is 4.75. The average Bonchev–Trinajstić information content (AvgIpc) is 3.78. The van der Waals surface area contributed by atoms with Crippen LogP contribution in [0.4, 0.5) is 5.69 Å². The molecule has 3 fully saturated rings. The second-order valence-electron chi connectivity index (χ2n) is 14.2. The Bertz CT molecular complexity index is 1660. The van der Waals surface area contributed by atoms with Gasteiger partial charge < -0.3 is 39.2 Å². The van der Waals surface area contributed by atoms with Crippen LogP contribution in [0, 0.1) is 17.8 Å². The summed E-state index contributed by atoms with van der Waals surface area (Å²) in [4.78, 5) is 60.4. The third kappa shape index (κ3) is 7.87. The van der Waals surface area contributed by atoms with Crippen molar-refractivity contribution in [2.45, 2.75) is 80.3 Å². The van der Waals surface area contributed by atoms with E-state index >= 15 is 4.79 Å². The average molecular weight is 811 g/mol. The SMILES string of the molecule is C=CCCC(=O)N[C@@H](COC)[C@@H](OC(=O)[C@H]1[C@@H]2O[C@@]3(CC2Br)[C@@H]1C(=O)N([C@@H](CO)[C@@H](C)CC)[C@@H]3C(=O)N(CC=C)c1ccc(OC)cc1)c1ccccc1. The zero-order valence-electron chi connectivity index (χ0n) is 31.4. The van der Waals surface area contributed by atoms with Crippen LogP contribution >= 0.6 is 15.9 Å². The molecule has 0 aromatic heterocycles. The summed E-state index contributed by atoms with van der Waals surface area (Å²) in [6, 6.07) is 13.4. The monoisotopic (exact) mass is 809 g/mol. The first-order valence-electron chi connectivity index (χ1n) is 18.5. The molecular formula is C41H52BrN3O9. The fourth-order valence-corrected chi connectivity index (χ4v) is 9.22. The van der Waals surface area contributed by atoms with Crippen LogP contribution in [0.1, 0.15) is 51.2 Å². The van der Waals surface area contributed by atoms with E-state index in [9.17, 15) is 19.5 Å². The second kappa shape index (κ2) is 18.1. The molecule has 3 saturated heterocycles. The van der Waals surface area contributed by atoms with Crippen molar-refractivity contribution in [2.24, 2.45) is 17.8 Å². The highest BCUT2D eigenvalue weighted by molar-refractivity contribution is 9.09. The van der Waals surface area contributed by atoms with Crippen molar-refractivity contribution in [1.29, 1.82) is 0 Å². The van der Waals surface area contributed by atoms with Crippen molar-refractivity contribution in [1.82, 2.24) is 10.2 Å². The summed E-state index contributed by atoms with van der Waals surface area (Å²) in [7, 11) is 3.05. The molecule has 54 heavy (non-hydrogen) atoms. The molecule has 1 spiro atoms. The molecule has 0 aliphatic carbocycles. The summed E-state index contributed by atoms with van der Waals surface area (Å²) >= 11 is 3.75. The largest absolute Gasteiger partial charge is 0.497 e. The van der Waals surface area contributed by atoms with Gasteiger partial charge in [-0.05, 0) is 48.6 Å². The molecule has 3 heterocycles. The van der Waals surface area contributed by atoms with Crippen LogP contribution in [-0.4, -0.2) is 102 Å². The van der Waals surface area contributed by atoms with Crippen LogP contribution in [-0.2, 0) is 33.4 Å². The molecule has 12 nitrogen and oxygen atoms in total. The smallest absolute Gasteiger partial charge is 0.313 e. The van der Waals surface area contributed by atoms with E-state index in [1.165, 1.54) is 12.0 Å². The highest BCUT2D eigenvalue weighted by atomic mass is 79.9. The first-order valence-corrected chi connectivity index (χ1v) is 19.4. The van der Waals surface area contributed by atoms with Gasteiger partial charge >= 0.3 is 5.97 Å². The van der Waals surface area contributed by atoms with Gasteiger partial charge in [-0.1, -0.05) is 78.7 Å². The fourth-order valence-electron chi connectivity index (χ4n) is 8.27. The number of carbonyl (C=O) groups is 4. The number of alkyl halides is 1. The number of carbonyl (C=O) groups excluding carboxylic acids is 4. The van der Waals surface area contributed by atoms with E-state index in [1.54, 1.807) is 72.7 Å². The maximum atomic E-state index is 15.1. The first-order chi connectivity index (χ1) is 26.0. The van der Waals surface area contributed by atoms with Crippen molar-refractivity contribution in [3.05, 3.63) is 85.5 Å². The van der Waals surface area contributed by atoms with Gasteiger partial charge in [0, 0.05) is 30.6 Å². The summed E-state index contributed by atoms with van der Waals surface area (Å²) in [5.74, 6) is -3.61. The molecule has 2 bridgehead atoms. The van der Waals surface area contributed by atoms with Crippen LogP contribution in [0.15, 0.2) is 79.9 Å². The Balaban J connectivity index is 1.57. The molecule has 3 aliphatic heterocycles. The van der Waals surface area contributed by atoms with Crippen molar-refractivity contribution < 1.29 is 43.2 Å². The summed E-state index contributed by atoms with van der Waals surface area (Å²) in [5, 5.41) is 13.8. The van der Waals surface area contributed by atoms with Crippen LogP contribution in [0.5, 0.6) is 5.75 Å². The summed E-state index contributed by atoms with van der Waals surface area (Å²) in [5.41, 5.74) is -0.243. The van der Waals surface area contributed by atoms with Crippen LogP contribution in [0.2, 0.25) is 0 Å². The van der Waals surface area contributed by atoms with Gasteiger partial charge in [-0.3, -0.25) is 19.2 Å². The molecule has 2 N–H and O–H groups in total. The number of methoxy groups -OCH3 is 2. The Morgan fingerprint density at radius 2 is 1.83 bits per heavy atom. The Kier molecular flexibility index (Phi) is 13.8. The third-order valence-electron chi connectivity index (χ3n) is 11.0. The van der Waals surface area contributed by atoms with E-state index in [2.05, 4.69) is 34.4 Å². The van der Waals surface area contributed by atoms with Gasteiger partial charge in [0.05, 0.1) is 50.3 Å². The van der Waals surface area contributed by atoms with Gasteiger partial charge in [0.2, 0.25) is 11.8 Å². The predicted molar refractivity (Wildman–Crippen MR) is 207 cm³/mol. The maximum Gasteiger partial charge on any atom is 0.313 e. The molecular weight excluding hydrogens is 758 g/mol. The van der Waals surface area contributed by atoms with Crippen LogP contribution < -0.4 is 15.0 Å². The highest BCUT2D eigenvalue weighted by Gasteiger charge is 2.78. The summed E-state index contributed by atoms with van der Waals surface area (Å²) in [6.45, 7) is 11.2. The molecule has 1 unspecified atom stereocenters. The van der Waals surface area contributed by atoms with Crippen LogP contribution in [0.3, 0.4) is 0 Å². The number of aliphatic hydroxyl groups excluding tert-OH is 1. The van der Waals surface area contributed by atoms with E-state index in [1.807, 2.05) is 19.9 Å². The summed E-state index contributed by atoms with van der Waals surface area (Å²) in [6.07, 6.45) is 3.01. The molecule has 2 aromatic carbocycles. The number of halogens is 1. The number of fused-ring (bicyclic) bond motifs is 1. The number of esters is 1. The zero-order chi connectivity index (χ0) is 39.2. The van der Waals surface area contributed by atoms with E-state index in [-0.39, 0.29) is 37.8 Å². The zero-order valence-corrected chi connectivity index (χ0v) is 33.0. The lowest BCUT2D eigenvalue weighted by atomic mass is 9.70. The lowest BCUT2D eigenvalue weighted by Gasteiger charge is -2.41. The number of anilines is 1. The number of hydrogen-bond donors (Lipinski definition) is 2. The Morgan fingerprint density at radius 1 is 1.13 bits per heavy atom. The quantitative estimate of drug-likeness (QED) is 0.117. The number of ether oxygens (including phenoxy) is 4. The Labute approximate surface area is 326 Å². The summed E-state index contributed by atoms with van der Waals surface area (Å²) < 4.78 is 24.0. The molecule has 2 aromatic rings. The number of aliphatic hydroxyl groups is 1. The first kappa shape index (κ1) is 41.1. The van der Waals surface area contributed by atoms with Gasteiger partial charge in [-0.2, -0.15) is 0 Å². The van der Waals surface area contributed by atoms with E-state index in [4.69, 9.17) is 18.9 Å². The standard InChI is InChI=1S/C41H52BrN3O9/c1-7-10-16-32(47)43-30(24-51-5)35(26-14-12-11-13-15-26)53-40(50)33-34-38(48)45(31(23-46)25(4)9-3)37(41(34)22-29(42)36(33)54-41)39(49)44(21-8-2)27-17-19-28(52-6)20-18-27/h7-8,11-15,17-20,25,29-31,33-37,46H,1-2,9-10,16,21-24H2,3-6H3,(H,43,47)/t25-,29?,30-,31-,33+,34-,35-,36+,37+,41-/m0/s1. The number of allylic oxidation sites excluding steroid dienone is 1. The number of nitrogens with one attached hydrogen (secondary N) is 1. The fraction of sp³-hybridized carbons (Fsp3) is 0.512. The Morgan fingerprint density at radius 3 is 2.43 bits per heavy atom. The molecule has 292 valence electrons. The topological polar surface area (TPSA) is 144 Å². The van der Waals surface area contributed by atoms with Gasteiger partial charge in [0.1, 0.15) is 23.5 Å². The Hall–Kier alpha value is -4.04. The molecule has 10 atom stereocenters. The minimum Gasteiger partial charge on any atom is -0.497 e. The van der Waals surface area contributed by atoms with Crippen molar-refractivity contribution in [3.8, 4) is 5.75 Å². The lowest BCUT2D eigenvalue weighted by molar-refractivity contribution is -0.163. The number of hydrogen-bond acceptors (Lipinski definition) is 9. The minimum absolute atomic E-state index is 0.0343. The van der Waals surface area contributed by atoms with Gasteiger partial charge in [0.15, 0.2) is 0 Å². The molecule has 0 radical (unpaired) electrons. The molecule has 3 aliphatic rings. The minimum atomic E-state index is -1.42. The number of nitrogens with zero attached hydrogens (tertiary/aromatic N) is 2. The molecule has 3 amide bonds. The second-order valence-corrected chi connectivity index (χ2v) is 15.4. The number of benzene rings is 2. The molecule has 5 rings (SSSR count). The van der Waals surface area contributed by atoms with Gasteiger partial charge in [-0.25, -0.2) is 0 Å². The molecule has 0 saturated carbocycles. The van der Waals surface area contributed by atoms with Crippen molar-refractivity contribution in [3.63, 3.8) is 0 Å². The highest BCUT2D eigenvalue weighted by Crippen LogP contribution is 2.61.